The number of rotatable bonds is 4. The zero-order valence-electron chi connectivity index (χ0n) is 18.2. The highest BCUT2D eigenvalue weighted by molar-refractivity contribution is 14.1. The molecule has 2 saturated heterocycles. The van der Waals surface area contributed by atoms with Gasteiger partial charge in [-0.1, -0.05) is 0 Å². The Morgan fingerprint density at radius 1 is 1.25 bits per heavy atom. The van der Waals surface area contributed by atoms with E-state index in [1.165, 1.54) is 6.26 Å². The Bertz CT molecular complexity index is 1220. The van der Waals surface area contributed by atoms with E-state index in [0.717, 1.165) is 31.1 Å². The van der Waals surface area contributed by atoms with E-state index in [-0.39, 0.29) is 29.7 Å². The predicted molar refractivity (Wildman–Crippen MR) is 130 cm³/mol. The molecule has 0 radical (unpaired) electrons. The number of aliphatic hydroxyl groups is 1. The maximum atomic E-state index is 13.1. The molecule has 32 heavy (non-hydrogen) atoms. The maximum Gasteiger partial charge on any atom is 0.266 e. The molecule has 2 N–H and O–H groups in total. The Morgan fingerprint density at radius 2 is 1.94 bits per heavy atom. The lowest BCUT2D eigenvalue weighted by molar-refractivity contribution is 0.0266. The van der Waals surface area contributed by atoms with Gasteiger partial charge in [0, 0.05) is 29.7 Å². The third-order valence-corrected chi connectivity index (χ3v) is 9.44. The van der Waals surface area contributed by atoms with Crippen molar-refractivity contribution in [2.45, 2.75) is 81.6 Å². The van der Waals surface area contributed by atoms with Crippen LogP contribution in [0.25, 0.3) is 11.0 Å². The van der Waals surface area contributed by atoms with Crippen molar-refractivity contribution in [1.29, 1.82) is 0 Å². The first-order chi connectivity index (χ1) is 15.0. The van der Waals surface area contributed by atoms with Crippen LogP contribution < -0.4 is 10.9 Å². The fourth-order valence-electron chi connectivity index (χ4n) is 5.96. The van der Waals surface area contributed by atoms with Crippen LogP contribution in [0, 0.1) is 3.57 Å². The van der Waals surface area contributed by atoms with Crippen LogP contribution in [0.3, 0.4) is 0 Å². The van der Waals surface area contributed by atoms with Gasteiger partial charge in [-0.25, -0.2) is 13.4 Å². The van der Waals surface area contributed by atoms with Crippen LogP contribution in [0.4, 0.5) is 5.95 Å². The maximum absolute atomic E-state index is 13.1. The highest BCUT2D eigenvalue weighted by Gasteiger charge is 2.45. The van der Waals surface area contributed by atoms with E-state index in [0.29, 0.717) is 34.4 Å². The fraction of sp³-hybridized carbons (Fsp3) is 0.667. The normalized spacial score (nSPS) is 33.1. The lowest BCUT2D eigenvalue weighted by atomic mass is 10.00. The molecule has 1 aliphatic carbocycles. The zero-order chi connectivity index (χ0) is 22.8. The molecule has 0 aromatic carbocycles. The standard InChI is InChI=1S/C21H28IN5O4S/c1-21(29)7-3-4-17(21)26-18-12(8-16(22)19(26)28)11-23-20(25-18)24-13-9-14-5-6-15(10-13)27(14)32(2,30)31/h8,11,13-15,17,29H,3-7,9-10H2,1-2H3,(H,23,24,25)/t13?,14-,15+,17-,21-/m1/s1. The predicted octanol–water partition coefficient (Wildman–Crippen LogP) is 2.24. The highest BCUT2D eigenvalue weighted by atomic mass is 127. The van der Waals surface area contributed by atoms with Gasteiger partial charge in [-0.2, -0.15) is 9.29 Å². The molecular weight excluding hydrogens is 545 g/mol. The first kappa shape index (κ1) is 22.5. The van der Waals surface area contributed by atoms with Crippen molar-refractivity contribution in [2.24, 2.45) is 0 Å². The molecule has 5 atom stereocenters. The van der Waals surface area contributed by atoms with E-state index < -0.39 is 15.6 Å². The highest BCUT2D eigenvalue weighted by Crippen LogP contribution is 2.40. The van der Waals surface area contributed by atoms with Gasteiger partial charge in [-0.15, -0.1) is 0 Å². The summed E-state index contributed by atoms with van der Waals surface area (Å²) in [6, 6.07) is 1.54. The molecule has 4 heterocycles. The number of hydrogen-bond donors (Lipinski definition) is 2. The van der Waals surface area contributed by atoms with Crippen LogP contribution in [0.15, 0.2) is 17.1 Å². The molecule has 0 amide bonds. The number of aromatic nitrogens is 3. The molecule has 2 aromatic heterocycles. The number of piperidine rings is 1. The summed E-state index contributed by atoms with van der Waals surface area (Å²) in [7, 11) is -3.21. The molecule has 3 fully saturated rings. The van der Waals surface area contributed by atoms with Crippen LogP contribution in [-0.4, -0.2) is 62.3 Å². The number of nitrogens with zero attached hydrogens (tertiary/aromatic N) is 4. The van der Waals surface area contributed by atoms with Crippen LogP contribution in [0.1, 0.15) is 57.9 Å². The van der Waals surface area contributed by atoms with Gasteiger partial charge in [0.05, 0.1) is 21.5 Å². The molecule has 1 unspecified atom stereocenters. The van der Waals surface area contributed by atoms with Gasteiger partial charge in [-0.3, -0.25) is 9.36 Å². The minimum absolute atomic E-state index is 0.00931. The largest absolute Gasteiger partial charge is 0.388 e. The minimum atomic E-state index is -3.21. The van der Waals surface area contributed by atoms with E-state index in [1.807, 2.05) is 22.6 Å². The molecular formula is C21H28IN5O4S. The van der Waals surface area contributed by atoms with Gasteiger partial charge >= 0.3 is 0 Å². The first-order valence-corrected chi connectivity index (χ1v) is 14.0. The Morgan fingerprint density at radius 3 is 2.53 bits per heavy atom. The van der Waals surface area contributed by atoms with E-state index >= 15 is 0 Å². The average molecular weight is 573 g/mol. The fourth-order valence-corrected chi connectivity index (χ4v) is 8.02. The summed E-state index contributed by atoms with van der Waals surface area (Å²) in [5.41, 5.74) is -0.580. The SMILES string of the molecule is C[C@@]1(O)CCC[C@H]1n1c(=O)c(I)cc2cnc(NC3C[C@H]4CC[C@@H](C3)N4S(C)(=O)=O)nc21. The first-order valence-electron chi connectivity index (χ1n) is 11.1. The van der Waals surface area contributed by atoms with Crippen molar-refractivity contribution in [2.75, 3.05) is 11.6 Å². The molecule has 5 rings (SSSR count). The second-order valence-corrected chi connectivity index (χ2v) is 12.7. The van der Waals surface area contributed by atoms with Crippen LogP contribution >= 0.6 is 22.6 Å². The molecule has 2 aliphatic heterocycles. The van der Waals surface area contributed by atoms with Crippen LogP contribution in [-0.2, 0) is 10.0 Å². The van der Waals surface area contributed by atoms with Gasteiger partial charge in [-0.05, 0) is 80.5 Å². The summed E-state index contributed by atoms with van der Waals surface area (Å²) in [6.45, 7) is 1.79. The van der Waals surface area contributed by atoms with Crippen molar-refractivity contribution >= 4 is 49.6 Å². The van der Waals surface area contributed by atoms with Crippen molar-refractivity contribution in [1.82, 2.24) is 18.8 Å². The minimum Gasteiger partial charge on any atom is -0.388 e. The molecule has 0 spiro atoms. The summed E-state index contributed by atoms with van der Waals surface area (Å²) < 4.78 is 28.2. The number of hydrogen-bond acceptors (Lipinski definition) is 7. The van der Waals surface area contributed by atoms with Gasteiger partial charge in [0.25, 0.3) is 5.56 Å². The second kappa shape index (κ2) is 7.88. The summed E-state index contributed by atoms with van der Waals surface area (Å²) in [4.78, 5) is 22.3. The molecule has 174 valence electrons. The molecule has 2 aromatic rings. The Balaban J connectivity index is 1.48. The number of halogens is 1. The lowest BCUT2D eigenvalue weighted by Crippen LogP contribution is -2.49. The van der Waals surface area contributed by atoms with E-state index in [1.54, 1.807) is 28.1 Å². The molecule has 11 heteroatoms. The van der Waals surface area contributed by atoms with Crippen LogP contribution in [0.5, 0.6) is 0 Å². The average Bonchev–Trinajstić information content (AvgIpc) is 3.19. The number of sulfonamides is 1. The van der Waals surface area contributed by atoms with Gasteiger partial charge in [0.1, 0.15) is 5.65 Å². The summed E-state index contributed by atoms with van der Waals surface area (Å²) in [5.74, 6) is 0.432. The monoisotopic (exact) mass is 573 g/mol. The quantitative estimate of drug-likeness (QED) is 0.539. The van der Waals surface area contributed by atoms with Crippen molar-refractivity contribution < 1.29 is 13.5 Å². The second-order valence-electron chi connectivity index (χ2n) is 9.70. The topological polar surface area (TPSA) is 117 Å². The van der Waals surface area contributed by atoms with E-state index in [9.17, 15) is 18.3 Å². The molecule has 3 aliphatic rings. The lowest BCUT2D eigenvalue weighted by Gasteiger charge is -2.37. The third-order valence-electron chi connectivity index (χ3n) is 7.30. The van der Waals surface area contributed by atoms with E-state index in [2.05, 4.69) is 10.3 Å². The summed E-state index contributed by atoms with van der Waals surface area (Å²) in [6.07, 6.45) is 8.41. The van der Waals surface area contributed by atoms with Crippen LogP contribution in [0.2, 0.25) is 0 Å². The van der Waals surface area contributed by atoms with Crippen molar-refractivity contribution in [3.8, 4) is 0 Å². The summed E-state index contributed by atoms with van der Waals surface area (Å²) >= 11 is 2.03. The molecule has 1 saturated carbocycles. The Labute approximate surface area is 200 Å². The molecule has 9 nitrogen and oxygen atoms in total. The zero-order valence-corrected chi connectivity index (χ0v) is 21.1. The smallest absolute Gasteiger partial charge is 0.266 e. The Kier molecular flexibility index (Phi) is 5.54. The Hall–Kier alpha value is -1.31. The number of fused-ring (bicyclic) bond motifs is 3. The van der Waals surface area contributed by atoms with Crippen molar-refractivity contribution in [3.05, 3.63) is 26.2 Å². The van der Waals surface area contributed by atoms with Crippen molar-refractivity contribution in [3.63, 3.8) is 0 Å². The number of pyridine rings is 1. The van der Waals surface area contributed by atoms with Gasteiger partial charge in [0.2, 0.25) is 16.0 Å². The molecule has 2 bridgehead atoms. The summed E-state index contributed by atoms with van der Waals surface area (Å²) in [5, 5.41) is 15.0. The number of anilines is 1. The van der Waals surface area contributed by atoms with Gasteiger partial charge < -0.3 is 10.4 Å². The van der Waals surface area contributed by atoms with Gasteiger partial charge in [0.15, 0.2) is 0 Å². The van der Waals surface area contributed by atoms with E-state index in [4.69, 9.17) is 4.98 Å². The third kappa shape index (κ3) is 3.84. The number of nitrogens with one attached hydrogen (secondary N) is 1.